The van der Waals surface area contributed by atoms with Crippen LogP contribution in [0.25, 0.3) is 11.1 Å². The Morgan fingerprint density at radius 2 is 0.964 bits per heavy atom. The van der Waals surface area contributed by atoms with Crippen LogP contribution in [0.1, 0.15) is 11.1 Å². The van der Waals surface area contributed by atoms with Gasteiger partial charge in [-0.1, -0.05) is 60.7 Å². The lowest BCUT2D eigenvalue weighted by molar-refractivity contribution is -0.110. The zero-order chi connectivity index (χ0) is 20.4. The number of benzene rings is 2. The van der Waals surface area contributed by atoms with Gasteiger partial charge in [-0.05, 0) is 46.6 Å². The topological polar surface area (TPSA) is 23.6 Å². The maximum atomic E-state index is 12.4. The van der Waals surface area contributed by atoms with Crippen molar-refractivity contribution in [2.24, 2.45) is 0 Å². The number of allylic oxidation sites excluding steroid dienone is 6. The third-order valence-electron chi connectivity index (χ3n) is 3.86. The van der Waals surface area contributed by atoms with Crippen LogP contribution >= 0.6 is 0 Å². The zero-order valence-electron chi connectivity index (χ0n) is 17.0. The van der Waals surface area contributed by atoms with Crippen LogP contribution in [0.3, 0.4) is 0 Å². The molecule has 0 aliphatic rings. The van der Waals surface area contributed by atoms with Gasteiger partial charge in [0.1, 0.15) is 0 Å². The molecule has 0 saturated carbocycles. The molecule has 0 spiro atoms. The van der Waals surface area contributed by atoms with Gasteiger partial charge in [0, 0.05) is 40.6 Å². The van der Waals surface area contributed by atoms with E-state index in [0.717, 1.165) is 22.3 Å². The number of carbonyl (C=O) groups is 1. The van der Waals surface area contributed by atoms with Gasteiger partial charge < -0.3 is 9.80 Å². The lowest BCUT2D eigenvalue weighted by atomic mass is 10.0. The van der Waals surface area contributed by atoms with E-state index in [1.165, 1.54) is 0 Å². The molecule has 3 heteroatoms. The first-order chi connectivity index (χ1) is 13.5. The highest BCUT2D eigenvalue weighted by Gasteiger charge is 2.01. The van der Waals surface area contributed by atoms with Gasteiger partial charge in [0.2, 0.25) is 0 Å². The largest absolute Gasteiger partial charge is 0.383 e. The predicted octanol–water partition coefficient (Wildman–Crippen LogP) is 4.87. The van der Waals surface area contributed by atoms with E-state index in [2.05, 4.69) is 0 Å². The molecule has 0 atom stereocenters. The molecule has 0 radical (unpaired) electrons. The van der Waals surface area contributed by atoms with Crippen molar-refractivity contribution in [3.05, 3.63) is 108 Å². The summed E-state index contributed by atoms with van der Waals surface area (Å²) in [7, 11) is 7.88. The molecule has 0 heterocycles. The number of hydrogen-bond acceptors (Lipinski definition) is 3. The SMILES string of the molecule is CN(C)C=C(/C=C/C(=O)/C=C/C(=C/N(C)C)c1ccccc1)c1ccccc1. The molecule has 2 aromatic carbocycles. The lowest BCUT2D eigenvalue weighted by Crippen LogP contribution is -2.02. The van der Waals surface area contributed by atoms with E-state index in [1.807, 2.05) is 123 Å². The third kappa shape index (κ3) is 7.12. The molecular weight excluding hydrogens is 344 g/mol. The molecule has 0 fully saturated rings. The Bertz CT molecular complexity index is 800. The molecular formula is C25H28N2O. The average molecular weight is 373 g/mol. The van der Waals surface area contributed by atoms with Crippen molar-refractivity contribution >= 4 is 16.9 Å². The Kier molecular flexibility index (Phi) is 8.04. The highest BCUT2D eigenvalue weighted by Crippen LogP contribution is 2.17. The van der Waals surface area contributed by atoms with Crippen molar-refractivity contribution in [2.75, 3.05) is 28.2 Å². The van der Waals surface area contributed by atoms with E-state index in [4.69, 9.17) is 0 Å². The molecule has 0 N–H and O–H groups in total. The Balaban J connectivity index is 2.20. The summed E-state index contributed by atoms with van der Waals surface area (Å²) in [6, 6.07) is 20.1. The maximum Gasteiger partial charge on any atom is 0.178 e. The Morgan fingerprint density at radius 1 is 0.607 bits per heavy atom. The van der Waals surface area contributed by atoms with Crippen molar-refractivity contribution in [3.8, 4) is 0 Å². The number of nitrogens with zero attached hydrogens (tertiary/aromatic N) is 2. The Hall–Kier alpha value is -3.33. The van der Waals surface area contributed by atoms with Crippen LogP contribution in [0.2, 0.25) is 0 Å². The smallest absolute Gasteiger partial charge is 0.178 e. The second kappa shape index (κ2) is 10.7. The minimum Gasteiger partial charge on any atom is -0.383 e. The van der Waals surface area contributed by atoms with Crippen LogP contribution in [-0.4, -0.2) is 43.8 Å². The summed E-state index contributed by atoms with van der Waals surface area (Å²) < 4.78 is 0. The van der Waals surface area contributed by atoms with Gasteiger partial charge in [-0.15, -0.1) is 0 Å². The number of hydrogen-bond donors (Lipinski definition) is 0. The first-order valence-corrected chi connectivity index (χ1v) is 9.23. The molecule has 2 rings (SSSR count). The quantitative estimate of drug-likeness (QED) is 0.488. The molecule has 0 saturated heterocycles. The van der Waals surface area contributed by atoms with Crippen molar-refractivity contribution in [2.45, 2.75) is 0 Å². The van der Waals surface area contributed by atoms with Gasteiger partial charge >= 0.3 is 0 Å². The molecule has 2 aromatic rings. The highest BCUT2D eigenvalue weighted by atomic mass is 16.1. The summed E-state index contributed by atoms with van der Waals surface area (Å²) in [5.41, 5.74) is 4.11. The van der Waals surface area contributed by atoms with Gasteiger partial charge in [0.25, 0.3) is 0 Å². The van der Waals surface area contributed by atoms with Crippen LogP contribution in [0, 0.1) is 0 Å². The predicted molar refractivity (Wildman–Crippen MR) is 119 cm³/mol. The molecule has 144 valence electrons. The standard InChI is InChI=1S/C25H28N2O/c1-26(2)19-23(21-11-7-5-8-12-21)15-17-25(28)18-16-24(20-27(3)4)22-13-9-6-10-14-22/h5-20H,1-4H3/b17-15+,18-16+,23-19-,24-20?. The monoisotopic (exact) mass is 372 g/mol. The normalized spacial score (nSPS) is 12.6. The Morgan fingerprint density at radius 3 is 1.29 bits per heavy atom. The average Bonchev–Trinajstić information content (AvgIpc) is 2.69. The fourth-order valence-corrected chi connectivity index (χ4v) is 2.64. The van der Waals surface area contributed by atoms with Gasteiger partial charge in [0.05, 0.1) is 0 Å². The van der Waals surface area contributed by atoms with Crippen molar-refractivity contribution in [3.63, 3.8) is 0 Å². The number of rotatable bonds is 8. The fourth-order valence-electron chi connectivity index (χ4n) is 2.64. The summed E-state index contributed by atoms with van der Waals surface area (Å²) in [4.78, 5) is 16.4. The van der Waals surface area contributed by atoms with Crippen LogP contribution in [0.5, 0.6) is 0 Å². The summed E-state index contributed by atoms with van der Waals surface area (Å²) in [5.74, 6) is -0.0545. The first kappa shape index (κ1) is 21.0. The van der Waals surface area contributed by atoms with Crippen molar-refractivity contribution < 1.29 is 4.79 Å². The lowest BCUT2D eigenvalue weighted by Gasteiger charge is -2.09. The number of carbonyl (C=O) groups excluding carboxylic acids is 1. The van der Waals surface area contributed by atoms with Crippen molar-refractivity contribution in [1.29, 1.82) is 0 Å². The van der Waals surface area contributed by atoms with Crippen LogP contribution in [0.15, 0.2) is 97.4 Å². The van der Waals surface area contributed by atoms with E-state index in [0.29, 0.717) is 0 Å². The van der Waals surface area contributed by atoms with Gasteiger partial charge in [0.15, 0.2) is 5.78 Å². The number of ketones is 1. The van der Waals surface area contributed by atoms with Gasteiger partial charge in [-0.25, -0.2) is 0 Å². The second-order valence-corrected chi connectivity index (χ2v) is 6.90. The van der Waals surface area contributed by atoms with Crippen molar-refractivity contribution in [1.82, 2.24) is 9.80 Å². The van der Waals surface area contributed by atoms with Crippen LogP contribution in [0.4, 0.5) is 0 Å². The summed E-state index contributed by atoms with van der Waals surface area (Å²) in [6.07, 6.45) is 10.9. The molecule has 0 unspecified atom stereocenters. The first-order valence-electron chi connectivity index (χ1n) is 9.23. The fraction of sp³-hybridized carbons (Fsp3) is 0.160. The molecule has 0 aromatic heterocycles. The van der Waals surface area contributed by atoms with E-state index in [1.54, 1.807) is 12.2 Å². The third-order valence-corrected chi connectivity index (χ3v) is 3.86. The molecule has 3 nitrogen and oxygen atoms in total. The van der Waals surface area contributed by atoms with E-state index >= 15 is 0 Å². The molecule has 0 aliphatic heterocycles. The van der Waals surface area contributed by atoms with E-state index in [9.17, 15) is 4.79 Å². The highest BCUT2D eigenvalue weighted by molar-refractivity contribution is 6.02. The molecule has 0 aliphatic carbocycles. The van der Waals surface area contributed by atoms with Gasteiger partial charge in [-0.2, -0.15) is 0 Å². The van der Waals surface area contributed by atoms with Crippen LogP contribution in [-0.2, 0) is 4.79 Å². The van der Waals surface area contributed by atoms with E-state index < -0.39 is 0 Å². The summed E-state index contributed by atoms with van der Waals surface area (Å²) in [6.45, 7) is 0. The second-order valence-electron chi connectivity index (χ2n) is 6.90. The maximum absolute atomic E-state index is 12.4. The van der Waals surface area contributed by atoms with Gasteiger partial charge in [-0.3, -0.25) is 4.79 Å². The Labute approximate surface area is 168 Å². The minimum atomic E-state index is -0.0545. The minimum absolute atomic E-state index is 0.0545. The summed E-state index contributed by atoms with van der Waals surface area (Å²) in [5, 5.41) is 0. The molecule has 28 heavy (non-hydrogen) atoms. The van der Waals surface area contributed by atoms with Crippen LogP contribution < -0.4 is 0 Å². The molecule has 0 amide bonds. The zero-order valence-corrected chi connectivity index (χ0v) is 17.0. The molecule has 0 bridgehead atoms. The summed E-state index contributed by atoms with van der Waals surface area (Å²) >= 11 is 0. The van der Waals surface area contributed by atoms with E-state index in [-0.39, 0.29) is 5.78 Å².